The van der Waals surface area contributed by atoms with E-state index in [4.69, 9.17) is 5.11 Å². The van der Waals surface area contributed by atoms with Crippen molar-refractivity contribution >= 4 is 11.9 Å². The molecule has 0 saturated heterocycles. The fraction of sp³-hybridized carbons (Fsp3) is 0.250. The minimum atomic E-state index is -0.180. The molecule has 0 saturated carbocycles. The van der Waals surface area contributed by atoms with Gasteiger partial charge in [0.1, 0.15) is 0 Å². The normalized spacial score (nSPS) is 10.7. The van der Waals surface area contributed by atoms with Crippen molar-refractivity contribution in [3.05, 3.63) is 29.8 Å². The van der Waals surface area contributed by atoms with Crippen LogP contribution in [-0.4, -0.2) is 16.0 Å². The monoisotopic (exact) mass is 206 g/mol. The Morgan fingerprint density at radius 1 is 1.33 bits per heavy atom. The van der Waals surface area contributed by atoms with Crippen LogP contribution in [-0.2, 0) is 4.79 Å². The van der Waals surface area contributed by atoms with Crippen LogP contribution in [0, 0.1) is 0 Å². The lowest BCUT2D eigenvalue weighted by Gasteiger charge is -1.98. The quantitative estimate of drug-likeness (QED) is 0.587. The molecule has 0 fully saturated rings. The van der Waals surface area contributed by atoms with Gasteiger partial charge in [-0.2, -0.15) is 0 Å². The van der Waals surface area contributed by atoms with Gasteiger partial charge in [-0.3, -0.25) is 4.79 Å². The smallest absolute Gasteiger partial charge is 0.157 e. The summed E-state index contributed by atoms with van der Waals surface area (Å²) in [6, 6.07) is 4.43. The zero-order valence-electron chi connectivity index (χ0n) is 8.60. The molecule has 0 unspecified atom stereocenters. The summed E-state index contributed by atoms with van der Waals surface area (Å²) in [5, 5.41) is 18.3. The fourth-order valence-electron chi connectivity index (χ4n) is 1.16. The predicted molar refractivity (Wildman–Crippen MR) is 58.7 cm³/mol. The Hall–Kier alpha value is -1.77. The van der Waals surface area contributed by atoms with Gasteiger partial charge in [-0.1, -0.05) is 19.1 Å². The number of carbonyl (C=O) groups is 1. The molecule has 1 rings (SSSR count). The Labute approximate surface area is 88.7 Å². The molecular weight excluding hydrogens is 192 g/mol. The summed E-state index contributed by atoms with van der Waals surface area (Å²) in [7, 11) is 0. The van der Waals surface area contributed by atoms with E-state index in [-0.39, 0.29) is 17.3 Å². The molecule has 80 valence electrons. The number of benzene rings is 1. The number of carbonyl (C=O) groups excluding carboxylic acids is 1. The average molecular weight is 206 g/mol. The van der Waals surface area contributed by atoms with Gasteiger partial charge in [0.05, 0.1) is 0 Å². The highest BCUT2D eigenvalue weighted by Gasteiger charge is 1.98. The van der Waals surface area contributed by atoms with Crippen LogP contribution in [0.4, 0.5) is 0 Å². The van der Waals surface area contributed by atoms with Gasteiger partial charge in [0.15, 0.2) is 17.3 Å². The van der Waals surface area contributed by atoms with Crippen molar-refractivity contribution in [2.24, 2.45) is 0 Å². The number of ketones is 1. The van der Waals surface area contributed by atoms with Crippen LogP contribution in [0.3, 0.4) is 0 Å². The number of phenolic OH excluding ortho intramolecular Hbond substituents is 2. The summed E-state index contributed by atoms with van der Waals surface area (Å²) < 4.78 is 0. The third-order valence-corrected chi connectivity index (χ3v) is 1.96. The number of rotatable bonds is 4. The van der Waals surface area contributed by atoms with E-state index in [1.807, 2.05) is 6.92 Å². The Balaban J connectivity index is 2.72. The van der Waals surface area contributed by atoms with Crippen molar-refractivity contribution in [2.45, 2.75) is 19.8 Å². The van der Waals surface area contributed by atoms with Gasteiger partial charge < -0.3 is 10.2 Å². The molecule has 0 aliphatic heterocycles. The van der Waals surface area contributed by atoms with E-state index in [1.165, 1.54) is 18.2 Å². The molecule has 0 aliphatic rings. The second kappa shape index (κ2) is 5.20. The average Bonchev–Trinajstić information content (AvgIpc) is 2.20. The van der Waals surface area contributed by atoms with E-state index >= 15 is 0 Å². The maximum absolute atomic E-state index is 11.2. The lowest BCUT2D eigenvalue weighted by molar-refractivity contribution is -0.114. The van der Waals surface area contributed by atoms with E-state index in [9.17, 15) is 9.90 Å². The van der Waals surface area contributed by atoms with Crippen molar-refractivity contribution in [1.82, 2.24) is 0 Å². The molecule has 0 spiro atoms. The summed E-state index contributed by atoms with van der Waals surface area (Å²) in [5.74, 6) is -0.280. The minimum absolute atomic E-state index is 0.0602. The standard InChI is InChI=1S/C12H14O3/c1-2-3-10(13)6-4-9-5-7-11(14)12(15)8-9/h4-8,14-15H,2-3H2,1H3/b6-4+. The van der Waals surface area contributed by atoms with Crippen LogP contribution in [0.5, 0.6) is 11.5 Å². The van der Waals surface area contributed by atoms with Crippen molar-refractivity contribution < 1.29 is 15.0 Å². The number of hydrogen-bond donors (Lipinski definition) is 2. The van der Waals surface area contributed by atoms with Gasteiger partial charge in [-0.05, 0) is 30.2 Å². The molecule has 1 aromatic carbocycles. The summed E-state index contributed by atoms with van der Waals surface area (Å²) in [4.78, 5) is 11.2. The molecule has 0 bridgehead atoms. The second-order valence-corrected chi connectivity index (χ2v) is 3.30. The van der Waals surface area contributed by atoms with Crippen LogP contribution in [0.25, 0.3) is 6.08 Å². The summed E-state index contributed by atoms with van der Waals surface area (Å²) >= 11 is 0. The van der Waals surface area contributed by atoms with Gasteiger partial charge >= 0.3 is 0 Å². The van der Waals surface area contributed by atoms with Gasteiger partial charge in [0.2, 0.25) is 0 Å². The third-order valence-electron chi connectivity index (χ3n) is 1.96. The SMILES string of the molecule is CCCC(=O)/C=C/c1ccc(O)c(O)c1. The van der Waals surface area contributed by atoms with Crippen LogP contribution in [0.2, 0.25) is 0 Å². The van der Waals surface area contributed by atoms with Gasteiger partial charge in [0, 0.05) is 6.42 Å². The zero-order chi connectivity index (χ0) is 11.3. The summed E-state index contributed by atoms with van der Waals surface area (Å²) in [5.41, 5.74) is 0.690. The first kappa shape index (κ1) is 11.3. The number of allylic oxidation sites excluding steroid dienone is 1. The largest absolute Gasteiger partial charge is 0.504 e. The second-order valence-electron chi connectivity index (χ2n) is 3.30. The molecule has 0 amide bonds. The molecule has 0 atom stereocenters. The van der Waals surface area contributed by atoms with E-state index in [1.54, 1.807) is 12.1 Å². The molecule has 0 radical (unpaired) electrons. The summed E-state index contributed by atoms with van der Waals surface area (Å²) in [6.45, 7) is 1.94. The Morgan fingerprint density at radius 2 is 2.07 bits per heavy atom. The molecule has 2 N–H and O–H groups in total. The van der Waals surface area contributed by atoms with Crippen molar-refractivity contribution in [2.75, 3.05) is 0 Å². The van der Waals surface area contributed by atoms with Crippen LogP contribution < -0.4 is 0 Å². The maximum Gasteiger partial charge on any atom is 0.157 e. The van der Waals surface area contributed by atoms with E-state index in [0.717, 1.165) is 6.42 Å². The maximum atomic E-state index is 11.2. The molecule has 0 aromatic heterocycles. The fourth-order valence-corrected chi connectivity index (χ4v) is 1.16. The van der Waals surface area contributed by atoms with Crippen molar-refractivity contribution in [1.29, 1.82) is 0 Å². The van der Waals surface area contributed by atoms with Gasteiger partial charge in [0.25, 0.3) is 0 Å². The number of phenols is 2. The van der Waals surface area contributed by atoms with Crippen LogP contribution >= 0.6 is 0 Å². The van der Waals surface area contributed by atoms with E-state index in [2.05, 4.69) is 0 Å². The zero-order valence-corrected chi connectivity index (χ0v) is 8.60. The first-order chi connectivity index (χ1) is 7.13. The van der Waals surface area contributed by atoms with Crippen molar-refractivity contribution in [3.8, 4) is 11.5 Å². The Bertz CT molecular complexity index is 380. The lowest BCUT2D eigenvalue weighted by Crippen LogP contribution is -1.89. The summed E-state index contributed by atoms with van der Waals surface area (Å²) in [6.07, 6.45) is 4.46. The van der Waals surface area contributed by atoms with E-state index in [0.29, 0.717) is 12.0 Å². The van der Waals surface area contributed by atoms with Gasteiger partial charge in [-0.25, -0.2) is 0 Å². The molecule has 15 heavy (non-hydrogen) atoms. The van der Waals surface area contributed by atoms with Gasteiger partial charge in [-0.15, -0.1) is 0 Å². The minimum Gasteiger partial charge on any atom is -0.504 e. The molecule has 3 heteroatoms. The molecule has 0 heterocycles. The lowest BCUT2D eigenvalue weighted by atomic mass is 10.1. The third kappa shape index (κ3) is 3.46. The highest BCUT2D eigenvalue weighted by molar-refractivity contribution is 5.93. The van der Waals surface area contributed by atoms with Crippen LogP contribution in [0.15, 0.2) is 24.3 Å². The topological polar surface area (TPSA) is 57.5 Å². The molecule has 1 aromatic rings. The number of hydrogen-bond acceptors (Lipinski definition) is 3. The molecular formula is C12H14O3. The Morgan fingerprint density at radius 3 is 2.67 bits per heavy atom. The number of aromatic hydroxyl groups is 2. The van der Waals surface area contributed by atoms with E-state index < -0.39 is 0 Å². The first-order valence-corrected chi connectivity index (χ1v) is 4.86. The van der Waals surface area contributed by atoms with Crippen LogP contribution in [0.1, 0.15) is 25.3 Å². The van der Waals surface area contributed by atoms with Crippen molar-refractivity contribution in [3.63, 3.8) is 0 Å². The molecule has 0 aliphatic carbocycles. The highest BCUT2D eigenvalue weighted by Crippen LogP contribution is 2.25. The Kier molecular flexibility index (Phi) is 3.92. The first-order valence-electron chi connectivity index (χ1n) is 4.86. The highest BCUT2D eigenvalue weighted by atomic mass is 16.3. The predicted octanol–water partition coefficient (Wildman–Crippen LogP) is 2.48. The molecule has 3 nitrogen and oxygen atoms in total.